The third-order valence-electron chi connectivity index (χ3n) is 6.00. The average molecular weight is 465 g/mol. The Bertz CT molecular complexity index is 1050. The number of nitrogens with zero attached hydrogens (tertiary/aromatic N) is 1. The first kappa shape index (κ1) is 22.9. The van der Waals surface area contributed by atoms with E-state index in [9.17, 15) is 9.59 Å². The number of carbonyl (C=O) groups is 2. The zero-order valence-electron chi connectivity index (χ0n) is 18.8. The number of methoxy groups -OCH3 is 2. The number of rotatable bonds is 7. The number of thiophene rings is 1. The van der Waals surface area contributed by atoms with Crippen molar-refractivity contribution in [1.82, 2.24) is 10.2 Å². The molecule has 1 saturated heterocycles. The molecule has 1 atom stereocenters. The van der Waals surface area contributed by atoms with Crippen LogP contribution < -0.4 is 14.8 Å². The molecule has 6 nitrogen and oxygen atoms in total. The van der Waals surface area contributed by atoms with E-state index in [1.807, 2.05) is 47.8 Å². The zero-order valence-corrected chi connectivity index (χ0v) is 19.6. The van der Waals surface area contributed by atoms with E-state index < -0.39 is 0 Å². The van der Waals surface area contributed by atoms with Crippen LogP contribution in [0.2, 0.25) is 0 Å². The molecule has 0 saturated carbocycles. The van der Waals surface area contributed by atoms with Gasteiger partial charge in [-0.2, -0.15) is 0 Å². The lowest BCUT2D eigenvalue weighted by Crippen LogP contribution is -2.43. The van der Waals surface area contributed by atoms with Gasteiger partial charge in [0.1, 0.15) is 11.5 Å². The number of hydrogen-bond donors (Lipinski definition) is 1. The molecule has 3 aromatic rings. The summed E-state index contributed by atoms with van der Waals surface area (Å²) in [7, 11) is 3.12. The van der Waals surface area contributed by atoms with Crippen molar-refractivity contribution in [3.8, 4) is 11.5 Å². The number of nitrogens with one attached hydrogen (secondary N) is 1. The number of benzene rings is 2. The molecule has 1 unspecified atom stereocenters. The summed E-state index contributed by atoms with van der Waals surface area (Å²) in [6, 6.07) is 19.1. The number of amides is 2. The van der Waals surface area contributed by atoms with Gasteiger partial charge in [0.05, 0.1) is 20.3 Å². The number of hydrogen-bond acceptors (Lipinski definition) is 5. The fourth-order valence-corrected chi connectivity index (χ4v) is 4.94. The minimum atomic E-state index is -0.164. The first-order valence-corrected chi connectivity index (χ1v) is 11.9. The molecular weight excluding hydrogens is 436 g/mol. The molecule has 0 spiro atoms. The molecule has 2 amide bonds. The largest absolute Gasteiger partial charge is 0.497 e. The molecule has 0 radical (unpaired) electrons. The van der Waals surface area contributed by atoms with Gasteiger partial charge >= 0.3 is 0 Å². The predicted octanol–water partition coefficient (Wildman–Crippen LogP) is 4.52. The number of carbonyl (C=O) groups excluding carboxylic acids is 2. The third-order valence-corrected chi connectivity index (χ3v) is 6.94. The van der Waals surface area contributed by atoms with Crippen LogP contribution in [0, 0.1) is 5.92 Å². The van der Waals surface area contributed by atoms with E-state index in [2.05, 4.69) is 5.32 Å². The van der Waals surface area contributed by atoms with Crippen LogP contribution in [0.5, 0.6) is 11.5 Å². The Labute approximate surface area is 198 Å². The molecule has 7 heteroatoms. The topological polar surface area (TPSA) is 67.9 Å². The van der Waals surface area contributed by atoms with E-state index in [4.69, 9.17) is 9.47 Å². The second-order valence-electron chi connectivity index (χ2n) is 8.04. The van der Waals surface area contributed by atoms with Crippen molar-refractivity contribution in [3.63, 3.8) is 0 Å². The summed E-state index contributed by atoms with van der Waals surface area (Å²) in [5, 5.41) is 5.27. The summed E-state index contributed by atoms with van der Waals surface area (Å²) >= 11 is 1.63. The van der Waals surface area contributed by atoms with Crippen molar-refractivity contribution in [2.75, 3.05) is 27.3 Å². The van der Waals surface area contributed by atoms with Crippen molar-refractivity contribution in [2.45, 2.75) is 18.9 Å². The number of ether oxygens (including phenoxy) is 2. The lowest BCUT2D eigenvalue weighted by molar-refractivity contribution is -0.126. The Morgan fingerprint density at radius 1 is 0.970 bits per heavy atom. The highest BCUT2D eigenvalue weighted by Gasteiger charge is 2.30. The summed E-state index contributed by atoms with van der Waals surface area (Å²) in [4.78, 5) is 29.1. The number of likely N-dealkylation sites (tertiary alicyclic amines) is 1. The van der Waals surface area contributed by atoms with Crippen LogP contribution >= 0.6 is 11.3 Å². The molecule has 1 fully saturated rings. The normalized spacial score (nSPS) is 15.0. The van der Waals surface area contributed by atoms with Crippen LogP contribution in [0.1, 0.15) is 39.7 Å². The Kier molecular flexibility index (Phi) is 7.29. The molecule has 2 aromatic carbocycles. The van der Waals surface area contributed by atoms with Crippen LogP contribution in [0.15, 0.2) is 66.0 Å². The highest BCUT2D eigenvalue weighted by atomic mass is 32.1. The zero-order chi connectivity index (χ0) is 23.2. The Morgan fingerprint density at radius 3 is 2.21 bits per heavy atom. The van der Waals surface area contributed by atoms with Crippen LogP contribution in [0.25, 0.3) is 0 Å². The van der Waals surface area contributed by atoms with E-state index in [1.54, 1.807) is 48.7 Å². The van der Waals surface area contributed by atoms with Gasteiger partial charge in [0, 0.05) is 35.5 Å². The van der Waals surface area contributed by atoms with Gasteiger partial charge in [0.2, 0.25) is 5.91 Å². The third kappa shape index (κ3) is 5.37. The summed E-state index contributed by atoms with van der Waals surface area (Å²) in [5.41, 5.74) is 1.59. The molecule has 1 aliphatic heterocycles. The molecule has 33 heavy (non-hydrogen) atoms. The predicted molar refractivity (Wildman–Crippen MR) is 129 cm³/mol. The molecule has 0 aliphatic carbocycles. The fourth-order valence-electron chi connectivity index (χ4n) is 4.14. The van der Waals surface area contributed by atoms with Gasteiger partial charge in [-0.1, -0.05) is 36.4 Å². The van der Waals surface area contributed by atoms with Gasteiger partial charge < -0.3 is 19.7 Å². The fraction of sp³-hybridized carbons (Fsp3) is 0.308. The highest BCUT2D eigenvalue weighted by Crippen LogP contribution is 2.29. The maximum atomic E-state index is 13.1. The first-order chi connectivity index (χ1) is 16.1. The number of piperidine rings is 1. The second-order valence-corrected chi connectivity index (χ2v) is 9.01. The minimum Gasteiger partial charge on any atom is -0.497 e. The van der Waals surface area contributed by atoms with Crippen molar-refractivity contribution in [3.05, 3.63) is 82.0 Å². The van der Waals surface area contributed by atoms with Crippen molar-refractivity contribution in [2.24, 2.45) is 5.92 Å². The summed E-state index contributed by atoms with van der Waals surface area (Å²) < 4.78 is 10.6. The lowest BCUT2D eigenvalue weighted by atomic mass is 9.94. The van der Waals surface area contributed by atoms with Crippen molar-refractivity contribution in [1.29, 1.82) is 0 Å². The molecule has 4 rings (SSSR count). The SMILES string of the molecule is COc1cc(OC)cc(C(=O)N2CCC(C(=O)NC(c3ccccc3)c3cccs3)CC2)c1. The summed E-state index contributed by atoms with van der Waals surface area (Å²) in [6.45, 7) is 1.07. The van der Waals surface area contributed by atoms with Gasteiger partial charge in [-0.05, 0) is 42.0 Å². The van der Waals surface area contributed by atoms with E-state index in [0.29, 0.717) is 43.0 Å². The van der Waals surface area contributed by atoms with E-state index in [-0.39, 0.29) is 23.8 Å². The molecule has 0 bridgehead atoms. The molecule has 1 N–H and O–H groups in total. The Hall–Kier alpha value is -3.32. The smallest absolute Gasteiger partial charge is 0.254 e. The Morgan fingerprint density at radius 2 is 1.64 bits per heavy atom. The first-order valence-electron chi connectivity index (χ1n) is 11.0. The van der Waals surface area contributed by atoms with Crippen LogP contribution in [-0.2, 0) is 4.79 Å². The molecule has 172 valence electrons. The minimum absolute atomic E-state index is 0.0346. The molecule has 2 heterocycles. The van der Waals surface area contributed by atoms with E-state index in [1.165, 1.54) is 0 Å². The lowest BCUT2D eigenvalue weighted by Gasteiger charge is -2.32. The molecule has 1 aromatic heterocycles. The second kappa shape index (κ2) is 10.5. The Balaban J connectivity index is 1.40. The maximum Gasteiger partial charge on any atom is 0.254 e. The van der Waals surface area contributed by atoms with Crippen LogP contribution in [-0.4, -0.2) is 44.0 Å². The maximum absolute atomic E-state index is 13.1. The van der Waals surface area contributed by atoms with Gasteiger partial charge in [-0.3, -0.25) is 9.59 Å². The van der Waals surface area contributed by atoms with E-state index >= 15 is 0 Å². The van der Waals surface area contributed by atoms with Gasteiger partial charge in [-0.15, -0.1) is 11.3 Å². The summed E-state index contributed by atoms with van der Waals surface area (Å²) in [6.07, 6.45) is 1.26. The monoisotopic (exact) mass is 464 g/mol. The van der Waals surface area contributed by atoms with Crippen LogP contribution in [0.3, 0.4) is 0 Å². The van der Waals surface area contributed by atoms with Gasteiger partial charge in [0.25, 0.3) is 5.91 Å². The van der Waals surface area contributed by atoms with Crippen LogP contribution in [0.4, 0.5) is 0 Å². The van der Waals surface area contributed by atoms with E-state index in [0.717, 1.165) is 10.4 Å². The average Bonchev–Trinajstić information content (AvgIpc) is 3.41. The highest BCUT2D eigenvalue weighted by molar-refractivity contribution is 7.10. The quantitative estimate of drug-likeness (QED) is 0.558. The van der Waals surface area contributed by atoms with Crippen molar-refractivity contribution < 1.29 is 19.1 Å². The molecule has 1 aliphatic rings. The van der Waals surface area contributed by atoms with Gasteiger partial charge in [0.15, 0.2) is 0 Å². The molecular formula is C26H28N2O4S. The van der Waals surface area contributed by atoms with Crippen molar-refractivity contribution >= 4 is 23.2 Å². The standard InChI is InChI=1S/C26H28N2O4S/c1-31-21-15-20(16-22(17-21)32-2)26(30)28-12-10-19(11-13-28)25(29)27-24(23-9-6-14-33-23)18-7-4-3-5-8-18/h3-9,14-17,19,24H,10-13H2,1-2H3,(H,27,29). The summed E-state index contributed by atoms with van der Waals surface area (Å²) in [5.74, 6) is 0.985. The van der Waals surface area contributed by atoms with Gasteiger partial charge in [-0.25, -0.2) is 0 Å².